The number of aryl methyl sites for hydroxylation is 2. The first kappa shape index (κ1) is 19.8. The highest BCUT2D eigenvalue weighted by atomic mass is 19.1. The lowest BCUT2D eigenvalue weighted by atomic mass is 10.0. The number of carbonyl (C=O) groups excluding carboxylic acids is 1. The molecular formula is C21H20F2N6O. The van der Waals surface area contributed by atoms with Crippen molar-refractivity contribution in [1.29, 1.82) is 5.26 Å². The van der Waals surface area contributed by atoms with Gasteiger partial charge in [0.2, 0.25) is 5.91 Å². The fourth-order valence-electron chi connectivity index (χ4n) is 3.64. The molecule has 1 aliphatic rings. The first-order valence-electron chi connectivity index (χ1n) is 9.60. The smallest absolute Gasteiger partial charge is 0.231 e. The second kappa shape index (κ2) is 7.37. The van der Waals surface area contributed by atoms with E-state index in [1.165, 1.54) is 12.4 Å². The molecule has 7 nitrogen and oxygen atoms in total. The van der Waals surface area contributed by atoms with Crippen molar-refractivity contribution >= 4 is 34.3 Å². The number of rotatable bonds is 5. The van der Waals surface area contributed by atoms with Crippen molar-refractivity contribution in [2.24, 2.45) is 5.92 Å². The first-order valence-corrected chi connectivity index (χ1v) is 9.60. The van der Waals surface area contributed by atoms with E-state index in [2.05, 4.69) is 20.3 Å². The first-order chi connectivity index (χ1) is 14.3. The third-order valence-corrected chi connectivity index (χ3v) is 5.38. The monoisotopic (exact) mass is 410 g/mol. The van der Waals surface area contributed by atoms with E-state index in [4.69, 9.17) is 5.26 Å². The number of anilines is 3. The van der Waals surface area contributed by atoms with Crippen LogP contribution in [0.4, 0.5) is 26.1 Å². The summed E-state index contributed by atoms with van der Waals surface area (Å²) < 4.78 is 28.2. The number of alkyl halides is 1. The molecule has 0 saturated heterocycles. The highest BCUT2D eigenvalue weighted by Gasteiger charge is 2.44. The number of carbonyl (C=O) groups is 1. The summed E-state index contributed by atoms with van der Waals surface area (Å²) in [6.45, 7) is 3.68. The number of pyridine rings is 1. The molecule has 9 heteroatoms. The molecule has 3 aromatic rings. The van der Waals surface area contributed by atoms with Gasteiger partial charge in [-0.2, -0.15) is 5.26 Å². The molecule has 1 unspecified atom stereocenters. The van der Waals surface area contributed by atoms with Gasteiger partial charge in [0, 0.05) is 12.6 Å². The Bertz CT molecular complexity index is 1200. The predicted octanol–water partition coefficient (Wildman–Crippen LogP) is 3.90. The number of hydrogen-bond acceptors (Lipinski definition) is 5. The van der Waals surface area contributed by atoms with E-state index < -0.39 is 23.8 Å². The maximum atomic E-state index is 14.9. The predicted molar refractivity (Wildman–Crippen MR) is 109 cm³/mol. The summed E-state index contributed by atoms with van der Waals surface area (Å²) in [7, 11) is 1.67. The van der Waals surface area contributed by atoms with E-state index in [1.807, 2.05) is 13.0 Å². The topological polar surface area (TPSA) is 97.7 Å². The zero-order valence-corrected chi connectivity index (χ0v) is 16.8. The van der Waals surface area contributed by atoms with Crippen molar-refractivity contribution in [3.8, 4) is 6.07 Å². The number of fused-ring (bicyclic) bond motifs is 1. The number of nitriles is 1. The molecule has 4 rings (SSSR count). The number of halogens is 2. The van der Waals surface area contributed by atoms with Crippen molar-refractivity contribution in [3.63, 3.8) is 0 Å². The molecule has 1 saturated carbocycles. The number of benzene rings is 1. The minimum absolute atomic E-state index is 0.201. The molecule has 2 aromatic heterocycles. The Morgan fingerprint density at radius 1 is 1.47 bits per heavy atom. The maximum Gasteiger partial charge on any atom is 0.231 e. The molecule has 1 amide bonds. The van der Waals surface area contributed by atoms with Crippen LogP contribution in [0.1, 0.15) is 30.0 Å². The summed E-state index contributed by atoms with van der Waals surface area (Å²) in [6.07, 6.45) is 1.06. The molecule has 0 bridgehead atoms. The fraction of sp³-hybridized carbons (Fsp3) is 0.333. The molecule has 2 N–H and O–H groups in total. The molecule has 154 valence electrons. The third kappa shape index (κ3) is 3.24. The highest BCUT2D eigenvalue weighted by molar-refractivity contribution is 6.02. The summed E-state index contributed by atoms with van der Waals surface area (Å²) in [5.41, 5.74) is 2.97. The Morgan fingerprint density at radius 3 is 2.83 bits per heavy atom. The molecular weight excluding hydrogens is 390 g/mol. The number of nitrogens with zero attached hydrogens (tertiary/aromatic N) is 4. The van der Waals surface area contributed by atoms with E-state index in [9.17, 15) is 13.6 Å². The quantitative estimate of drug-likeness (QED) is 0.665. The van der Waals surface area contributed by atoms with Gasteiger partial charge >= 0.3 is 0 Å². The second-order valence-corrected chi connectivity index (χ2v) is 7.37. The number of aromatic nitrogens is 3. The minimum Gasteiger partial charge on any atom is -0.342 e. The van der Waals surface area contributed by atoms with Gasteiger partial charge in [0.25, 0.3) is 0 Å². The maximum absolute atomic E-state index is 14.9. The molecule has 0 spiro atoms. The SMILES string of the molecule is CCc1cc(C#N)cc(F)c1N(C)c1nc(NC(=O)C2C[C@H]2F)c2[nH]cnc2c1C. The average molecular weight is 410 g/mol. The van der Waals surface area contributed by atoms with E-state index in [0.29, 0.717) is 40.1 Å². The molecule has 0 aliphatic heterocycles. The van der Waals surface area contributed by atoms with E-state index >= 15 is 0 Å². The lowest BCUT2D eigenvalue weighted by Gasteiger charge is -2.24. The van der Waals surface area contributed by atoms with Crippen LogP contribution in [0, 0.1) is 30.0 Å². The Kier molecular flexibility index (Phi) is 4.86. The Labute approximate surface area is 171 Å². The molecule has 1 fully saturated rings. The van der Waals surface area contributed by atoms with Crippen molar-refractivity contribution in [1.82, 2.24) is 15.0 Å². The van der Waals surface area contributed by atoms with Crippen LogP contribution in [0.15, 0.2) is 18.5 Å². The van der Waals surface area contributed by atoms with Crippen LogP contribution in [0.25, 0.3) is 11.0 Å². The normalized spacial score (nSPS) is 17.6. The molecule has 2 heterocycles. The zero-order valence-electron chi connectivity index (χ0n) is 16.8. The number of aromatic amines is 1. The summed E-state index contributed by atoms with van der Waals surface area (Å²) in [5.74, 6) is -1.04. The van der Waals surface area contributed by atoms with Crippen LogP contribution in [0.3, 0.4) is 0 Å². The van der Waals surface area contributed by atoms with Crippen molar-refractivity contribution in [2.45, 2.75) is 32.9 Å². The summed E-state index contributed by atoms with van der Waals surface area (Å²) >= 11 is 0. The largest absolute Gasteiger partial charge is 0.342 e. The van der Waals surface area contributed by atoms with Gasteiger partial charge in [0.15, 0.2) is 5.82 Å². The summed E-state index contributed by atoms with van der Waals surface area (Å²) in [6, 6.07) is 4.80. The van der Waals surface area contributed by atoms with Crippen LogP contribution in [-0.4, -0.2) is 34.1 Å². The van der Waals surface area contributed by atoms with Crippen molar-refractivity contribution in [2.75, 3.05) is 17.3 Å². The van der Waals surface area contributed by atoms with Gasteiger partial charge in [0.1, 0.15) is 23.3 Å². The highest BCUT2D eigenvalue weighted by Crippen LogP contribution is 2.38. The summed E-state index contributed by atoms with van der Waals surface area (Å²) in [5, 5.41) is 11.8. The van der Waals surface area contributed by atoms with Gasteiger partial charge in [-0.1, -0.05) is 6.92 Å². The van der Waals surface area contributed by atoms with Crippen LogP contribution in [0.2, 0.25) is 0 Å². The van der Waals surface area contributed by atoms with Crippen LogP contribution in [-0.2, 0) is 11.2 Å². The van der Waals surface area contributed by atoms with Gasteiger partial charge in [-0.05, 0) is 37.5 Å². The lowest BCUT2D eigenvalue weighted by Crippen LogP contribution is -2.20. The van der Waals surface area contributed by atoms with E-state index in [-0.39, 0.29) is 17.8 Å². The standard InChI is InChI=1S/C21H20F2N6O/c1-4-12-5-11(8-24)6-15(23)18(12)29(3)20-10(2)16-17(26-9-25-16)19(27-20)28-21(30)13-7-14(13)22/h5-6,9,13-14H,4,7H2,1-3H3,(H,25,26)(H,27,28,30)/t13?,14-/m1/s1. The van der Waals surface area contributed by atoms with Gasteiger partial charge in [-0.15, -0.1) is 0 Å². The van der Waals surface area contributed by atoms with Crippen LogP contribution < -0.4 is 10.2 Å². The van der Waals surface area contributed by atoms with Gasteiger partial charge in [-0.25, -0.2) is 18.7 Å². The zero-order chi connectivity index (χ0) is 21.6. The fourth-order valence-corrected chi connectivity index (χ4v) is 3.64. The average Bonchev–Trinajstić information content (AvgIpc) is 3.25. The number of amides is 1. The number of H-pyrrole nitrogens is 1. The third-order valence-electron chi connectivity index (χ3n) is 5.38. The van der Waals surface area contributed by atoms with Crippen LogP contribution >= 0.6 is 0 Å². The summed E-state index contributed by atoms with van der Waals surface area (Å²) in [4.78, 5) is 25.7. The van der Waals surface area contributed by atoms with E-state index in [0.717, 1.165) is 0 Å². The number of imidazole rings is 1. The number of hydrogen-bond donors (Lipinski definition) is 2. The molecule has 30 heavy (non-hydrogen) atoms. The Hall–Kier alpha value is -3.54. The van der Waals surface area contributed by atoms with Gasteiger partial charge in [0.05, 0.1) is 35.1 Å². The number of nitrogens with one attached hydrogen (secondary N) is 2. The van der Waals surface area contributed by atoms with Crippen molar-refractivity contribution < 1.29 is 13.6 Å². The molecule has 0 radical (unpaired) electrons. The van der Waals surface area contributed by atoms with Gasteiger partial charge < -0.3 is 15.2 Å². The molecule has 1 aliphatic carbocycles. The van der Waals surface area contributed by atoms with E-state index in [1.54, 1.807) is 24.9 Å². The Balaban J connectivity index is 1.82. The molecule has 1 aromatic carbocycles. The second-order valence-electron chi connectivity index (χ2n) is 7.37. The minimum atomic E-state index is -1.13. The lowest BCUT2D eigenvalue weighted by molar-refractivity contribution is -0.117. The van der Waals surface area contributed by atoms with Crippen LogP contribution in [0.5, 0.6) is 0 Å². The Morgan fingerprint density at radius 2 is 2.20 bits per heavy atom. The van der Waals surface area contributed by atoms with Crippen molar-refractivity contribution in [3.05, 3.63) is 41.0 Å². The van der Waals surface area contributed by atoms with Gasteiger partial charge in [-0.3, -0.25) is 4.79 Å². The molecule has 2 atom stereocenters.